The number of rotatable bonds is 9. The fourth-order valence-corrected chi connectivity index (χ4v) is 4.54. The zero-order valence-corrected chi connectivity index (χ0v) is 18.1. The summed E-state index contributed by atoms with van der Waals surface area (Å²) in [6.07, 6.45) is 7.02. The van der Waals surface area contributed by atoms with Crippen molar-refractivity contribution >= 4 is 34.2 Å². The van der Waals surface area contributed by atoms with Crippen molar-refractivity contribution in [3.8, 4) is 0 Å². The lowest BCUT2D eigenvalue weighted by molar-refractivity contribution is -0.125. The van der Waals surface area contributed by atoms with Crippen molar-refractivity contribution < 1.29 is 18.8 Å². The van der Waals surface area contributed by atoms with Crippen molar-refractivity contribution in [1.29, 1.82) is 0 Å². The highest BCUT2D eigenvalue weighted by atomic mass is 32.1. The van der Waals surface area contributed by atoms with Crippen LogP contribution in [-0.2, 0) is 9.59 Å². The Morgan fingerprint density at radius 3 is 2.32 bits per heavy atom. The Morgan fingerprint density at radius 1 is 0.968 bits per heavy atom. The maximum absolute atomic E-state index is 12.9. The minimum absolute atomic E-state index is 0.115. The second-order valence-corrected chi connectivity index (χ2v) is 8.81. The smallest absolute Gasteiger partial charge is 0.251 e. The first-order chi connectivity index (χ1) is 15.0. The van der Waals surface area contributed by atoms with Crippen LogP contribution in [0.2, 0.25) is 0 Å². The van der Waals surface area contributed by atoms with E-state index >= 15 is 0 Å². The van der Waals surface area contributed by atoms with E-state index in [2.05, 4.69) is 20.9 Å². The van der Waals surface area contributed by atoms with E-state index in [1.54, 1.807) is 11.6 Å². The molecule has 9 heteroatoms. The highest BCUT2D eigenvalue weighted by molar-refractivity contribution is 7.13. The van der Waals surface area contributed by atoms with Gasteiger partial charge in [0.1, 0.15) is 5.82 Å². The Labute approximate surface area is 184 Å². The van der Waals surface area contributed by atoms with Gasteiger partial charge in [0.15, 0.2) is 5.13 Å². The third-order valence-electron chi connectivity index (χ3n) is 5.50. The lowest BCUT2D eigenvalue weighted by Gasteiger charge is -2.36. The van der Waals surface area contributed by atoms with E-state index in [9.17, 15) is 18.8 Å². The number of hydrogen-bond acceptors (Lipinski definition) is 5. The molecule has 1 aromatic heterocycles. The molecule has 3 amide bonds. The first-order valence-electron chi connectivity index (χ1n) is 10.5. The van der Waals surface area contributed by atoms with Crippen LogP contribution in [0.5, 0.6) is 0 Å². The molecule has 3 N–H and O–H groups in total. The minimum Gasteiger partial charge on any atom is -0.354 e. The summed E-state index contributed by atoms with van der Waals surface area (Å²) in [6, 6.07) is 5.27. The van der Waals surface area contributed by atoms with Crippen LogP contribution in [0.1, 0.15) is 55.3 Å². The van der Waals surface area contributed by atoms with Gasteiger partial charge in [-0.1, -0.05) is 19.3 Å². The van der Waals surface area contributed by atoms with E-state index in [0.29, 0.717) is 17.1 Å². The molecule has 2 aromatic rings. The van der Waals surface area contributed by atoms with E-state index in [1.807, 2.05) is 0 Å². The highest BCUT2D eigenvalue weighted by Crippen LogP contribution is 2.42. The molecule has 31 heavy (non-hydrogen) atoms. The predicted molar refractivity (Wildman–Crippen MR) is 117 cm³/mol. The number of anilines is 1. The number of hydrogen-bond donors (Lipinski definition) is 3. The first-order valence-corrected chi connectivity index (χ1v) is 11.3. The van der Waals surface area contributed by atoms with Gasteiger partial charge in [0.2, 0.25) is 11.8 Å². The van der Waals surface area contributed by atoms with Gasteiger partial charge in [0.25, 0.3) is 5.91 Å². The Kier molecular flexibility index (Phi) is 8.11. The van der Waals surface area contributed by atoms with Crippen molar-refractivity contribution in [2.75, 3.05) is 18.4 Å². The summed E-state index contributed by atoms with van der Waals surface area (Å²) < 4.78 is 12.9. The molecule has 0 saturated heterocycles. The average Bonchev–Trinajstić information content (AvgIpc) is 3.25. The lowest BCUT2D eigenvalue weighted by atomic mass is 9.69. The van der Waals surface area contributed by atoms with Gasteiger partial charge >= 0.3 is 0 Å². The number of nitrogens with zero attached hydrogens (tertiary/aromatic N) is 1. The number of aromatic nitrogens is 1. The summed E-state index contributed by atoms with van der Waals surface area (Å²) in [5.74, 6) is -0.964. The number of carbonyl (C=O) groups excluding carboxylic acids is 3. The molecule has 0 spiro atoms. The normalized spacial score (nSPS) is 15.1. The fraction of sp³-hybridized carbons (Fsp3) is 0.455. The Balaban J connectivity index is 1.45. The number of carbonyl (C=O) groups is 3. The van der Waals surface area contributed by atoms with Crippen LogP contribution in [0.4, 0.5) is 9.52 Å². The molecule has 7 nitrogen and oxygen atoms in total. The summed E-state index contributed by atoms with van der Waals surface area (Å²) in [5, 5.41) is 10.7. The van der Waals surface area contributed by atoms with Crippen molar-refractivity contribution in [3.05, 3.63) is 47.2 Å². The van der Waals surface area contributed by atoms with E-state index in [-0.39, 0.29) is 42.6 Å². The molecule has 166 valence electrons. The molecule has 3 rings (SSSR count). The third kappa shape index (κ3) is 7.13. The highest BCUT2D eigenvalue weighted by Gasteiger charge is 2.36. The molecule has 1 fully saturated rings. The number of benzene rings is 1. The van der Waals surface area contributed by atoms with Gasteiger partial charge in [-0.25, -0.2) is 9.37 Å². The molecule has 1 aliphatic rings. The summed E-state index contributed by atoms with van der Waals surface area (Å²) in [5.41, 5.74) is 0.0150. The molecule has 1 saturated carbocycles. The van der Waals surface area contributed by atoms with E-state index in [4.69, 9.17) is 0 Å². The van der Waals surface area contributed by atoms with E-state index < -0.39 is 5.82 Å². The Morgan fingerprint density at radius 2 is 1.65 bits per heavy atom. The monoisotopic (exact) mass is 446 g/mol. The second-order valence-electron chi connectivity index (χ2n) is 7.91. The molecular weight excluding hydrogens is 419 g/mol. The number of halogens is 1. The molecule has 1 aromatic carbocycles. The summed E-state index contributed by atoms with van der Waals surface area (Å²) in [6.45, 7) is 0.548. The van der Waals surface area contributed by atoms with Crippen molar-refractivity contribution in [2.45, 2.75) is 44.9 Å². The van der Waals surface area contributed by atoms with Gasteiger partial charge < -0.3 is 16.0 Å². The molecule has 0 aliphatic heterocycles. The van der Waals surface area contributed by atoms with Gasteiger partial charge in [0.05, 0.1) is 0 Å². The van der Waals surface area contributed by atoms with E-state index in [0.717, 1.165) is 32.1 Å². The van der Waals surface area contributed by atoms with Crippen molar-refractivity contribution in [2.24, 2.45) is 5.41 Å². The Hall–Kier alpha value is -2.81. The molecule has 0 bridgehead atoms. The SMILES string of the molecule is O=C(CC1(CC(=O)Nc2nccs2)CCCCC1)NCCNC(=O)c1ccc(F)cc1. The molecular formula is C22H27FN4O3S. The first kappa shape index (κ1) is 22.9. The van der Waals surface area contributed by atoms with Crippen molar-refractivity contribution in [3.63, 3.8) is 0 Å². The van der Waals surface area contributed by atoms with E-state index in [1.165, 1.54) is 35.6 Å². The van der Waals surface area contributed by atoms with Crippen LogP contribution in [0.3, 0.4) is 0 Å². The number of thiazole rings is 1. The maximum Gasteiger partial charge on any atom is 0.251 e. The molecule has 0 radical (unpaired) electrons. The zero-order valence-electron chi connectivity index (χ0n) is 17.3. The largest absolute Gasteiger partial charge is 0.354 e. The van der Waals surface area contributed by atoms with Crippen LogP contribution in [0.25, 0.3) is 0 Å². The third-order valence-corrected chi connectivity index (χ3v) is 6.19. The molecule has 1 heterocycles. The standard InChI is InChI=1S/C22H27FN4O3S/c23-17-6-4-16(5-7-17)20(30)25-11-10-24-18(28)14-22(8-2-1-3-9-22)15-19(29)27-21-26-12-13-31-21/h4-7,12-13H,1-3,8-11,14-15H2,(H,24,28)(H,25,30)(H,26,27,29). The van der Waals surface area contributed by atoms with Crippen molar-refractivity contribution in [1.82, 2.24) is 15.6 Å². The predicted octanol–water partition coefficient (Wildman–Crippen LogP) is 3.50. The zero-order chi connectivity index (χ0) is 22.1. The topological polar surface area (TPSA) is 100 Å². The molecule has 0 atom stereocenters. The van der Waals surface area contributed by atoms with Gasteiger partial charge in [-0.15, -0.1) is 11.3 Å². The van der Waals surface area contributed by atoms with Crippen LogP contribution in [0.15, 0.2) is 35.8 Å². The molecule has 0 unspecified atom stereocenters. The second kappa shape index (κ2) is 11.0. The van der Waals surface area contributed by atoms with Gasteiger partial charge in [-0.2, -0.15) is 0 Å². The summed E-state index contributed by atoms with van der Waals surface area (Å²) >= 11 is 1.37. The van der Waals surface area contributed by atoms with Gasteiger partial charge in [-0.3, -0.25) is 14.4 Å². The van der Waals surface area contributed by atoms with Crippen LogP contribution in [0, 0.1) is 11.2 Å². The number of nitrogens with one attached hydrogen (secondary N) is 3. The summed E-state index contributed by atoms with van der Waals surface area (Å²) in [7, 11) is 0. The number of amides is 3. The summed E-state index contributed by atoms with van der Waals surface area (Å²) in [4.78, 5) is 41.2. The van der Waals surface area contributed by atoms with Crippen LogP contribution < -0.4 is 16.0 Å². The quantitative estimate of drug-likeness (QED) is 0.513. The molecule has 1 aliphatic carbocycles. The lowest BCUT2D eigenvalue weighted by Crippen LogP contribution is -2.39. The Bertz CT molecular complexity index is 881. The van der Waals surface area contributed by atoms with Gasteiger partial charge in [0, 0.05) is 43.1 Å². The fourth-order valence-electron chi connectivity index (χ4n) is 3.99. The van der Waals surface area contributed by atoms with Gasteiger partial charge in [-0.05, 0) is 42.5 Å². The van der Waals surface area contributed by atoms with Crippen LogP contribution in [-0.4, -0.2) is 35.8 Å². The van der Waals surface area contributed by atoms with Crippen LogP contribution >= 0.6 is 11.3 Å². The average molecular weight is 447 g/mol. The maximum atomic E-state index is 12.9. The minimum atomic E-state index is -0.402.